The molecule has 21 heavy (non-hydrogen) atoms. The summed E-state index contributed by atoms with van der Waals surface area (Å²) >= 11 is 5.93. The maximum atomic E-state index is 12.5. The third kappa shape index (κ3) is 2.95. The molecule has 2 aromatic heterocycles. The van der Waals surface area contributed by atoms with Crippen LogP contribution in [0.2, 0.25) is 5.22 Å². The minimum absolute atomic E-state index is 0.0675. The van der Waals surface area contributed by atoms with Crippen molar-refractivity contribution in [1.29, 1.82) is 0 Å². The van der Waals surface area contributed by atoms with Gasteiger partial charge in [-0.25, -0.2) is 0 Å². The Balaban J connectivity index is 1.68. The van der Waals surface area contributed by atoms with E-state index in [4.69, 9.17) is 16.1 Å². The summed E-state index contributed by atoms with van der Waals surface area (Å²) in [5.74, 6) is 0.0675. The van der Waals surface area contributed by atoms with Crippen molar-refractivity contribution in [2.75, 3.05) is 6.54 Å². The van der Waals surface area contributed by atoms with Crippen molar-refractivity contribution in [3.8, 4) is 0 Å². The van der Waals surface area contributed by atoms with Gasteiger partial charge in [0.25, 0.3) is 0 Å². The quantitative estimate of drug-likeness (QED) is 0.867. The Morgan fingerprint density at radius 1 is 1.57 bits per heavy atom. The van der Waals surface area contributed by atoms with Crippen LogP contribution in [-0.4, -0.2) is 38.3 Å². The first-order chi connectivity index (χ1) is 10.1. The van der Waals surface area contributed by atoms with E-state index in [9.17, 15) is 4.79 Å². The standard InChI is InChI=1S/C14H17ClN4O2/c1-10-12(14(15)21-17-10)8-13(20)19-7-2-4-11(19)9-18-6-3-5-16-18/h3,5-6,11H,2,4,7-9H2,1H3/t11-/m0/s1. The van der Waals surface area contributed by atoms with E-state index in [0.717, 1.165) is 25.9 Å². The number of halogens is 1. The number of hydrogen-bond acceptors (Lipinski definition) is 4. The third-order valence-electron chi connectivity index (χ3n) is 3.92. The van der Waals surface area contributed by atoms with Crippen LogP contribution in [0.3, 0.4) is 0 Å². The lowest BCUT2D eigenvalue weighted by Crippen LogP contribution is -2.39. The van der Waals surface area contributed by atoms with Gasteiger partial charge in [0, 0.05) is 24.5 Å². The summed E-state index contributed by atoms with van der Waals surface area (Å²) in [6, 6.07) is 2.08. The molecule has 6 nitrogen and oxygen atoms in total. The molecular formula is C14H17ClN4O2. The van der Waals surface area contributed by atoms with Crippen molar-refractivity contribution in [2.45, 2.75) is 38.8 Å². The van der Waals surface area contributed by atoms with Crippen LogP contribution in [0.15, 0.2) is 23.0 Å². The van der Waals surface area contributed by atoms with E-state index in [1.807, 2.05) is 21.8 Å². The van der Waals surface area contributed by atoms with E-state index in [1.54, 1.807) is 13.1 Å². The smallest absolute Gasteiger partial charge is 0.229 e. The van der Waals surface area contributed by atoms with E-state index >= 15 is 0 Å². The van der Waals surface area contributed by atoms with Gasteiger partial charge in [0.15, 0.2) is 0 Å². The van der Waals surface area contributed by atoms with Crippen LogP contribution in [0.4, 0.5) is 0 Å². The maximum absolute atomic E-state index is 12.5. The van der Waals surface area contributed by atoms with Gasteiger partial charge in [0.1, 0.15) is 0 Å². The second-order valence-electron chi connectivity index (χ2n) is 5.31. The zero-order chi connectivity index (χ0) is 14.8. The zero-order valence-electron chi connectivity index (χ0n) is 11.8. The van der Waals surface area contributed by atoms with Gasteiger partial charge in [-0.15, -0.1) is 0 Å². The molecule has 0 spiro atoms. The molecule has 3 heterocycles. The van der Waals surface area contributed by atoms with Crippen molar-refractivity contribution in [2.24, 2.45) is 0 Å². The molecule has 1 saturated heterocycles. The first-order valence-corrected chi connectivity index (χ1v) is 7.40. The highest BCUT2D eigenvalue weighted by molar-refractivity contribution is 6.29. The average molecular weight is 309 g/mol. The van der Waals surface area contributed by atoms with E-state index in [1.165, 1.54) is 0 Å². The zero-order valence-corrected chi connectivity index (χ0v) is 12.6. The highest BCUT2D eigenvalue weighted by atomic mass is 35.5. The Morgan fingerprint density at radius 2 is 2.43 bits per heavy atom. The molecule has 0 N–H and O–H groups in total. The summed E-state index contributed by atoms with van der Waals surface area (Å²) in [6.07, 6.45) is 5.93. The molecule has 0 bridgehead atoms. The van der Waals surface area contributed by atoms with Gasteiger partial charge >= 0.3 is 0 Å². The predicted molar refractivity (Wildman–Crippen MR) is 76.9 cm³/mol. The van der Waals surface area contributed by atoms with Crippen LogP contribution >= 0.6 is 11.6 Å². The van der Waals surface area contributed by atoms with E-state index in [0.29, 0.717) is 11.3 Å². The molecule has 1 atom stereocenters. The lowest BCUT2D eigenvalue weighted by molar-refractivity contribution is -0.131. The molecule has 7 heteroatoms. The number of likely N-dealkylation sites (tertiary alicyclic amines) is 1. The van der Waals surface area contributed by atoms with Crippen molar-refractivity contribution in [3.63, 3.8) is 0 Å². The van der Waals surface area contributed by atoms with Gasteiger partial charge in [0.05, 0.1) is 24.7 Å². The Hall–Kier alpha value is -1.82. The van der Waals surface area contributed by atoms with E-state index in [2.05, 4.69) is 10.3 Å². The number of aryl methyl sites for hydroxylation is 1. The monoisotopic (exact) mass is 308 g/mol. The lowest BCUT2D eigenvalue weighted by Gasteiger charge is -2.24. The maximum Gasteiger partial charge on any atom is 0.229 e. The predicted octanol–water partition coefficient (Wildman–Crippen LogP) is 2.07. The van der Waals surface area contributed by atoms with Gasteiger partial charge in [-0.2, -0.15) is 5.10 Å². The second kappa shape index (κ2) is 5.89. The van der Waals surface area contributed by atoms with E-state index < -0.39 is 0 Å². The Morgan fingerprint density at radius 3 is 3.10 bits per heavy atom. The van der Waals surface area contributed by atoms with Crippen LogP contribution in [0.25, 0.3) is 0 Å². The summed E-state index contributed by atoms with van der Waals surface area (Å²) in [7, 11) is 0. The SMILES string of the molecule is Cc1noc(Cl)c1CC(=O)N1CCC[C@H]1Cn1cccn1. The number of aromatic nitrogens is 3. The van der Waals surface area contributed by atoms with Crippen molar-refractivity contribution < 1.29 is 9.32 Å². The van der Waals surface area contributed by atoms with Crippen LogP contribution in [0, 0.1) is 6.92 Å². The Labute approximate surface area is 127 Å². The van der Waals surface area contributed by atoms with Crippen molar-refractivity contribution in [3.05, 3.63) is 34.9 Å². The molecule has 1 aliphatic rings. The lowest BCUT2D eigenvalue weighted by atomic mass is 10.1. The highest BCUT2D eigenvalue weighted by Gasteiger charge is 2.30. The fourth-order valence-corrected chi connectivity index (χ4v) is 3.03. The first-order valence-electron chi connectivity index (χ1n) is 7.02. The van der Waals surface area contributed by atoms with Crippen LogP contribution < -0.4 is 0 Å². The normalized spacial score (nSPS) is 18.4. The summed E-state index contributed by atoms with van der Waals surface area (Å²) in [6.45, 7) is 3.31. The Bertz CT molecular complexity index is 603. The molecule has 0 radical (unpaired) electrons. The molecule has 3 rings (SSSR count). The van der Waals surface area contributed by atoms with Gasteiger partial charge in [-0.1, -0.05) is 5.16 Å². The number of amides is 1. The summed E-state index contributed by atoms with van der Waals surface area (Å²) in [5.41, 5.74) is 1.36. The fourth-order valence-electron chi connectivity index (χ4n) is 2.79. The molecule has 0 unspecified atom stereocenters. The molecule has 0 saturated carbocycles. The molecular weight excluding hydrogens is 292 g/mol. The average Bonchev–Trinajstić information content (AvgIpc) is 3.18. The van der Waals surface area contributed by atoms with Gasteiger partial charge in [-0.3, -0.25) is 9.48 Å². The molecule has 1 fully saturated rings. The number of hydrogen-bond donors (Lipinski definition) is 0. The van der Waals surface area contributed by atoms with Gasteiger partial charge in [-0.05, 0) is 37.4 Å². The molecule has 0 aliphatic carbocycles. The highest BCUT2D eigenvalue weighted by Crippen LogP contribution is 2.24. The fraction of sp³-hybridized carbons (Fsp3) is 0.500. The molecule has 0 aromatic carbocycles. The van der Waals surface area contributed by atoms with Crippen LogP contribution in [-0.2, 0) is 17.8 Å². The van der Waals surface area contributed by atoms with Crippen LogP contribution in [0.1, 0.15) is 24.1 Å². The van der Waals surface area contributed by atoms with Gasteiger partial charge < -0.3 is 9.42 Å². The topological polar surface area (TPSA) is 64.2 Å². The molecule has 1 aliphatic heterocycles. The first kappa shape index (κ1) is 14.1. The molecule has 2 aromatic rings. The third-order valence-corrected chi connectivity index (χ3v) is 4.22. The summed E-state index contributed by atoms with van der Waals surface area (Å²) < 4.78 is 6.77. The molecule has 112 valence electrons. The number of rotatable bonds is 4. The minimum atomic E-state index is 0.0675. The largest absolute Gasteiger partial charge is 0.344 e. The number of nitrogens with zero attached hydrogens (tertiary/aromatic N) is 4. The van der Waals surface area contributed by atoms with Crippen LogP contribution in [0.5, 0.6) is 0 Å². The summed E-state index contributed by atoms with van der Waals surface area (Å²) in [5, 5.41) is 8.21. The number of carbonyl (C=O) groups is 1. The van der Waals surface area contributed by atoms with E-state index in [-0.39, 0.29) is 23.6 Å². The molecule has 1 amide bonds. The second-order valence-corrected chi connectivity index (χ2v) is 5.65. The minimum Gasteiger partial charge on any atom is -0.344 e. The van der Waals surface area contributed by atoms with Gasteiger partial charge in [0.2, 0.25) is 11.1 Å². The number of carbonyl (C=O) groups excluding carboxylic acids is 1. The Kier molecular flexibility index (Phi) is 3.96. The van der Waals surface area contributed by atoms with Crippen molar-refractivity contribution in [1.82, 2.24) is 19.8 Å². The summed E-state index contributed by atoms with van der Waals surface area (Å²) in [4.78, 5) is 14.4. The van der Waals surface area contributed by atoms with Crippen molar-refractivity contribution >= 4 is 17.5 Å².